The molecule has 0 aromatic carbocycles. The first-order valence-corrected chi connectivity index (χ1v) is 10.7. The van der Waals surface area contributed by atoms with Crippen molar-refractivity contribution < 1.29 is 14.7 Å². The van der Waals surface area contributed by atoms with Gasteiger partial charge in [0.15, 0.2) is 0 Å². The summed E-state index contributed by atoms with van der Waals surface area (Å²) in [6.07, 6.45) is 14.6. The number of aliphatic carboxylic acids is 1. The molecule has 0 aromatic rings. The number of rotatable bonds is 18. The number of amides is 1. The summed E-state index contributed by atoms with van der Waals surface area (Å²) in [5, 5.41) is 8.86. The van der Waals surface area contributed by atoms with Gasteiger partial charge >= 0.3 is 5.97 Å². The number of hydrogen-bond donors (Lipinski definition) is 1. The van der Waals surface area contributed by atoms with Gasteiger partial charge in [-0.15, -0.1) is 0 Å². The molecule has 0 heterocycles. The fourth-order valence-corrected chi connectivity index (χ4v) is 3.14. The van der Waals surface area contributed by atoms with Gasteiger partial charge in [-0.1, -0.05) is 78.1 Å². The minimum atomic E-state index is -0.890. The summed E-state index contributed by atoms with van der Waals surface area (Å²) < 4.78 is 0. The molecule has 5 heteroatoms. The van der Waals surface area contributed by atoms with Crippen LogP contribution in [0.5, 0.6) is 0 Å². The molecule has 1 amide bonds. The highest BCUT2D eigenvalue weighted by molar-refractivity contribution is 5.79. The van der Waals surface area contributed by atoms with Crippen LogP contribution in [0.3, 0.4) is 0 Å². The van der Waals surface area contributed by atoms with Crippen LogP contribution in [-0.4, -0.2) is 60.0 Å². The number of carbonyl (C=O) groups is 2. The molecule has 5 nitrogen and oxygen atoms in total. The summed E-state index contributed by atoms with van der Waals surface area (Å²) in [6.45, 7) is 6.15. The van der Waals surface area contributed by atoms with Gasteiger partial charge in [0.2, 0.25) is 5.91 Å². The average Bonchev–Trinajstić information content (AvgIpc) is 2.58. The van der Waals surface area contributed by atoms with E-state index in [-0.39, 0.29) is 19.0 Å². The van der Waals surface area contributed by atoms with Gasteiger partial charge in [0, 0.05) is 13.1 Å². The third-order valence-electron chi connectivity index (χ3n) is 4.73. The van der Waals surface area contributed by atoms with Crippen LogP contribution in [-0.2, 0) is 9.59 Å². The van der Waals surface area contributed by atoms with Crippen LogP contribution in [0, 0.1) is 0 Å². The van der Waals surface area contributed by atoms with Gasteiger partial charge in [-0.3, -0.25) is 14.5 Å². The van der Waals surface area contributed by atoms with Crippen LogP contribution in [0.2, 0.25) is 0 Å². The van der Waals surface area contributed by atoms with E-state index >= 15 is 0 Å². The normalized spacial score (nSPS) is 11.1. The van der Waals surface area contributed by atoms with Crippen molar-refractivity contribution in [1.82, 2.24) is 9.80 Å². The van der Waals surface area contributed by atoms with Gasteiger partial charge in [0.1, 0.15) is 0 Å². The van der Waals surface area contributed by atoms with Gasteiger partial charge in [-0.05, 0) is 19.9 Å². The highest BCUT2D eigenvalue weighted by Gasteiger charge is 2.16. The van der Waals surface area contributed by atoms with Gasteiger partial charge in [-0.25, -0.2) is 0 Å². The molecule has 0 bridgehead atoms. The SMILES string of the molecule is CCCCCCCCN(CCCCCCCC)C(=O)CN(C)CC(=O)O. The second-order valence-corrected chi connectivity index (χ2v) is 7.48. The van der Waals surface area contributed by atoms with Crippen LogP contribution in [0.1, 0.15) is 90.9 Å². The van der Waals surface area contributed by atoms with E-state index in [1.165, 1.54) is 64.2 Å². The Kier molecular flexibility index (Phi) is 16.6. The van der Waals surface area contributed by atoms with E-state index in [0.29, 0.717) is 0 Å². The highest BCUT2D eigenvalue weighted by atomic mass is 16.4. The Bertz CT molecular complexity index is 345. The summed E-state index contributed by atoms with van der Waals surface area (Å²) in [6, 6.07) is 0. The molecule has 0 aromatic heterocycles. The molecule has 0 aliphatic rings. The van der Waals surface area contributed by atoms with Crippen molar-refractivity contribution in [3.8, 4) is 0 Å². The lowest BCUT2D eigenvalue weighted by Crippen LogP contribution is -2.41. The van der Waals surface area contributed by atoms with Gasteiger partial charge in [0.05, 0.1) is 13.1 Å². The Hall–Kier alpha value is -1.10. The van der Waals surface area contributed by atoms with Crippen LogP contribution in [0.4, 0.5) is 0 Å². The molecule has 154 valence electrons. The first-order chi connectivity index (χ1) is 12.5. The predicted molar refractivity (Wildman–Crippen MR) is 108 cm³/mol. The summed E-state index contributed by atoms with van der Waals surface area (Å²) in [4.78, 5) is 26.9. The zero-order valence-corrected chi connectivity index (χ0v) is 17.5. The van der Waals surface area contributed by atoms with E-state index in [2.05, 4.69) is 13.8 Å². The molecule has 0 radical (unpaired) electrons. The van der Waals surface area contributed by atoms with Crippen molar-refractivity contribution in [2.24, 2.45) is 0 Å². The maximum Gasteiger partial charge on any atom is 0.317 e. The molecule has 0 saturated carbocycles. The topological polar surface area (TPSA) is 60.9 Å². The number of unbranched alkanes of at least 4 members (excludes halogenated alkanes) is 10. The van der Waals surface area contributed by atoms with Crippen molar-refractivity contribution in [3.05, 3.63) is 0 Å². The van der Waals surface area contributed by atoms with Gasteiger partial charge in [-0.2, -0.15) is 0 Å². The molecule has 0 saturated heterocycles. The molecular formula is C21H42N2O3. The van der Waals surface area contributed by atoms with Crippen molar-refractivity contribution in [3.63, 3.8) is 0 Å². The number of nitrogens with zero attached hydrogens (tertiary/aromatic N) is 2. The summed E-state index contributed by atoms with van der Waals surface area (Å²) in [7, 11) is 1.69. The number of carboxylic acids is 1. The fraction of sp³-hybridized carbons (Fsp3) is 0.905. The number of carbonyl (C=O) groups excluding carboxylic acids is 1. The van der Waals surface area contributed by atoms with Crippen molar-refractivity contribution in [2.45, 2.75) is 90.9 Å². The second kappa shape index (κ2) is 17.3. The van der Waals surface area contributed by atoms with E-state index in [4.69, 9.17) is 5.11 Å². The third-order valence-corrected chi connectivity index (χ3v) is 4.73. The minimum absolute atomic E-state index is 0.0656. The van der Waals surface area contributed by atoms with E-state index in [1.807, 2.05) is 4.90 Å². The first kappa shape index (κ1) is 24.9. The standard InChI is InChI=1S/C21H42N2O3/c1-4-6-8-10-12-14-16-23(17-15-13-11-9-7-5-2)20(24)18-22(3)19-21(25)26/h4-19H2,1-3H3,(H,25,26). The Balaban J connectivity index is 4.24. The van der Waals surface area contributed by atoms with E-state index in [9.17, 15) is 9.59 Å². The van der Waals surface area contributed by atoms with Gasteiger partial charge in [0.25, 0.3) is 0 Å². The second-order valence-electron chi connectivity index (χ2n) is 7.48. The molecule has 0 fully saturated rings. The number of likely N-dealkylation sites (N-methyl/N-ethyl adjacent to an activating group) is 1. The lowest BCUT2D eigenvalue weighted by molar-refractivity contribution is -0.139. The molecule has 0 atom stereocenters. The zero-order chi connectivity index (χ0) is 19.6. The third kappa shape index (κ3) is 15.2. The number of carboxylic acid groups (broad SMARTS) is 1. The Morgan fingerprint density at radius 3 is 1.54 bits per heavy atom. The molecular weight excluding hydrogens is 328 g/mol. The smallest absolute Gasteiger partial charge is 0.317 e. The van der Waals surface area contributed by atoms with E-state index < -0.39 is 5.97 Å². The van der Waals surface area contributed by atoms with Crippen LogP contribution >= 0.6 is 0 Å². The lowest BCUT2D eigenvalue weighted by atomic mass is 10.1. The maximum absolute atomic E-state index is 12.6. The molecule has 0 aliphatic carbocycles. The molecule has 0 rings (SSSR count). The van der Waals surface area contributed by atoms with Crippen LogP contribution < -0.4 is 0 Å². The minimum Gasteiger partial charge on any atom is -0.480 e. The number of hydrogen-bond acceptors (Lipinski definition) is 3. The molecule has 0 unspecified atom stereocenters. The van der Waals surface area contributed by atoms with E-state index in [1.54, 1.807) is 11.9 Å². The average molecular weight is 371 g/mol. The first-order valence-electron chi connectivity index (χ1n) is 10.7. The van der Waals surface area contributed by atoms with Crippen molar-refractivity contribution in [1.29, 1.82) is 0 Å². The van der Waals surface area contributed by atoms with Crippen LogP contribution in [0.25, 0.3) is 0 Å². The zero-order valence-electron chi connectivity index (χ0n) is 17.5. The highest BCUT2D eigenvalue weighted by Crippen LogP contribution is 2.09. The molecule has 26 heavy (non-hydrogen) atoms. The Labute approximate surface area is 161 Å². The van der Waals surface area contributed by atoms with Crippen molar-refractivity contribution in [2.75, 3.05) is 33.2 Å². The summed E-state index contributed by atoms with van der Waals surface area (Å²) in [5.41, 5.74) is 0. The largest absolute Gasteiger partial charge is 0.480 e. The molecule has 0 aliphatic heterocycles. The molecule has 1 N–H and O–H groups in total. The predicted octanol–water partition coefficient (Wildman–Crippen LogP) is 4.55. The summed E-state index contributed by atoms with van der Waals surface area (Å²) in [5.74, 6) is -0.824. The lowest BCUT2D eigenvalue weighted by Gasteiger charge is -2.25. The quantitative estimate of drug-likeness (QED) is 0.360. The maximum atomic E-state index is 12.6. The Morgan fingerprint density at radius 2 is 1.12 bits per heavy atom. The van der Waals surface area contributed by atoms with Crippen LogP contribution in [0.15, 0.2) is 0 Å². The van der Waals surface area contributed by atoms with Gasteiger partial charge < -0.3 is 10.0 Å². The fourth-order valence-electron chi connectivity index (χ4n) is 3.14. The summed E-state index contributed by atoms with van der Waals surface area (Å²) >= 11 is 0. The van der Waals surface area contributed by atoms with E-state index in [0.717, 1.165) is 25.9 Å². The Morgan fingerprint density at radius 1 is 0.692 bits per heavy atom. The van der Waals surface area contributed by atoms with Crippen molar-refractivity contribution >= 4 is 11.9 Å². The monoisotopic (exact) mass is 370 g/mol. The molecule has 0 spiro atoms.